The predicted molar refractivity (Wildman–Crippen MR) is 187 cm³/mol. The molecule has 1 amide bonds. The third-order valence-electron chi connectivity index (χ3n) is 8.32. The molecule has 5 rings (SSSR count). The Morgan fingerprint density at radius 1 is 1.15 bits per heavy atom. The molecule has 4 aromatic rings. The van der Waals surface area contributed by atoms with Crippen LogP contribution in [0, 0.1) is 24.1 Å². The number of amides is 1. The van der Waals surface area contributed by atoms with Gasteiger partial charge in [0.15, 0.2) is 5.82 Å². The molecular formula is C33H30Cl4FN7O2. The molecule has 9 nitrogen and oxygen atoms in total. The number of carbonyl (C=O) groups is 1. The number of halogens is 5. The summed E-state index contributed by atoms with van der Waals surface area (Å²) in [4.78, 5) is 40.3. The SMILES string of the molecule is C=CC(=O)N1[C@H](C)CN(c2c(C#N)c(=O)n(-c3c(C)ccnc3C(C)C)c3nc(-c4c(N)c(Cl)c(F)c(Cl)c4Cl)c(Cl)cc23)C[C@@H]1C. The minimum atomic E-state index is -1.00. The molecule has 0 bridgehead atoms. The van der Waals surface area contributed by atoms with E-state index < -0.39 is 21.4 Å². The van der Waals surface area contributed by atoms with Gasteiger partial charge in [0.25, 0.3) is 5.56 Å². The summed E-state index contributed by atoms with van der Waals surface area (Å²) in [7, 11) is 0. The minimum absolute atomic E-state index is 0.00921. The van der Waals surface area contributed by atoms with Crippen LogP contribution in [-0.4, -0.2) is 50.5 Å². The van der Waals surface area contributed by atoms with Crippen molar-refractivity contribution in [1.29, 1.82) is 5.26 Å². The highest BCUT2D eigenvalue weighted by Crippen LogP contribution is 2.47. The molecule has 3 aromatic heterocycles. The number of nitrogens with two attached hydrogens (primary N) is 1. The van der Waals surface area contributed by atoms with Gasteiger partial charge in [-0.2, -0.15) is 5.26 Å². The number of aromatic nitrogens is 3. The first-order valence-corrected chi connectivity index (χ1v) is 16.1. The molecule has 1 fully saturated rings. The van der Waals surface area contributed by atoms with Crippen molar-refractivity contribution in [2.75, 3.05) is 23.7 Å². The van der Waals surface area contributed by atoms with E-state index in [1.165, 1.54) is 10.6 Å². The molecule has 0 radical (unpaired) electrons. The van der Waals surface area contributed by atoms with E-state index in [2.05, 4.69) is 17.6 Å². The zero-order valence-electron chi connectivity index (χ0n) is 26.1. The number of fused-ring (bicyclic) bond motifs is 1. The number of benzene rings is 1. The van der Waals surface area contributed by atoms with Gasteiger partial charge in [-0.25, -0.2) is 9.37 Å². The van der Waals surface area contributed by atoms with Gasteiger partial charge in [0, 0.05) is 42.3 Å². The molecule has 47 heavy (non-hydrogen) atoms. The van der Waals surface area contributed by atoms with Crippen LogP contribution >= 0.6 is 46.4 Å². The average Bonchev–Trinajstić information content (AvgIpc) is 3.02. The summed E-state index contributed by atoms with van der Waals surface area (Å²) in [6, 6.07) is 4.84. The molecule has 0 aliphatic carbocycles. The van der Waals surface area contributed by atoms with E-state index in [1.807, 2.05) is 39.5 Å². The highest BCUT2D eigenvalue weighted by Gasteiger charge is 2.36. The number of carbonyl (C=O) groups excluding carboxylic acids is 1. The Balaban J connectivity index is 1.95. The number of rotatable bonds is 5. The number of nitrogen functional groups attached to an aromatic ring is 1. The highest BCUT2D eigenvalue weighted by molar-refractivity contribution is 6.47. The van der Waals surface area contributed by atoms with Crippen LogP contribution in [0.4, 0.5) is 15.8 Å². The number of aryl methyl sites for hydroxylation is 1. The number of nitriles is 1. The lowest BCUT2D eigenvalue weighted by Gasteiger charge is -2.45. The van der Waals surface area contributed by atoms with Crippen molar-refractivity contribution >= 4 is 74.7 Å². The van der Waals surface area contributed by atoms with Crippen LogP contribution < -0.4 is 16.2 Å². The monoisotopic (exact) mass is 715 g/mol. The lowest BCUT2D eigenvalue weighted by Crippen LogP contribution is -2.58. The highest BCUT2D eigenvalue weighted by atomic mass is 35.5. The van der Waals surface area contributed by atoms with Gasteiger partial charge in [0.1, 0.15) is 22.3 Å². The van der Waals surface area contributed by atoms with Crippen LogP contribution in [0.15, 0.2) is 35.8 Å². The molecule has 244 valence electrons. The molecule has 0 spiro atoms. The lowest BCUT2D eigenvalue weighted by molar-refractivity contribution is -0.130. The van der Waals surface area contributed by atoms with E-state index >= 15 is 0 Å². The van der Waals surface area contributed by atoms with E-state index in [0.29, 0.717) is 41.1 Å². The normalized spacial score (nSPS) is 16.6. The van der Waals surface area contributed by atoms with Crippen molar-refractivity contribution in [3.8, 4) is 23.0 Å². The number of anilines is 2. The van der Waals surface area contributed by atoms with E-state index in [-0.39, 0.29) is 62.1 Å². The second-order valence-electron chi connectivity index (χ2n) is 11.8. The van der Waals surface area contributed by atoms with Crippen LogP contribution in [0.3, 0.4) is 0 Å². The molecule has 0 saturated carbocycles. The smallest absolute Gasteiger partial charge is 0.276 e. The lowest BCUT2D eigenvalue weighted by atomic mass is 10.0. The zero-order valence-corrected chi connectivity index (χ0v) is 29.2. The van der Waals surface area contributed by atoms with E-state index in [9.17, 15) is 19.2 Å². The Bertz CT molecular complexity index is 2050. The summed E-state index contributed by atoms with van der Waals surface area (Å²) < 4.78 is 16.1. The molecule has 2 N–H and O–H groups in total. The quantitative estimate of drug-likeness (QED) is 0.0973. The fourth-order valence-corrected chi connectivity index (χ4v) is 7.24. The molecule has 14 heteroatoms. The van der Waals surface area contributed by atoms with Crippen LogP contribution in [0.2, 0.25) is 20.1 Å². The first-order chi connectivity index (χ1) is 22.2. The minimum Gasteiger partial charge on any atom is -0.397 e. The molecule has 1 saturated heterocycles. The van der Waals surface area contributed by atoms with Crippen molar-refractivity contribution in [3.05, 3.63) is 84.1 Å². The number of nitrogens with zero attached hydrogens (tertiary/aromatic N) is 6. The summed E-state index contributed by atoms with van der Waals surface area (Å²) in [6.07, 6.45) is 2.91. The Hall–Kier alpha value is -3.88. The maximum absolute atomic E-state index is 14.7. The zero-order chi connectivity index (χ0) is 34.6. The van der Waals surface area contributed by atoms with Gasteiger partial charge in [-0.15, -0.1) is 0 Å². The Kier molecular flexibility index (Phi) is 9.50. The average molecular weight is 717 g/mol. The fourth-order valence-electron chi connectivity index (χ4n) is 6.29. The Labute approximate surface area is 290 Å². The third-order valence-corrected chi connectivity index (χ3v) is 9.80. The van der Waals surface area contributed by atoms with Gasteiger partial charge in [-0.05, 0) is 50.5 Å². The molecular weight excluding hydrogens is 687 g/mol. The largest absolute Gasteiger partial charge is 0.397 e. The van der Waals surface area contributed by atoms with Crippen molar-refractivity contribution in [2.24, 2.45) is 0 Å². The summed E-state index contributed by atoms with van der Waals surface area (Å²) in [5.74, 6) is -1.35. The van der Waals surface area contributed by atoms with Gasteiger partial charge >= 0.3 is 0 Å². The number of piperazine rings is 1. The van der Waals surface area contributed by atoms with E-state index in [1.54, 1.807) is 23.2 Å². The van der Waals surface area contributed by atoms with E-state index in [0.717, 1.165) is 0 Å². The van der Waals surface area contributed by atoms with Crippen molar-refractivity contribution in [1.82, 2.24) is 19.4 Å². The van der Waals surface area contributed by atoms with E-state index in [4.69, 9.17) is 57.1 Å². The maximum atomic E-state index is 14.7. The standard InChI is InChI=1S/C33H30Cl4FN7O2/c1-7-21(46)44-16(5)12-43(13-17(44)6)31-18-10-20(34)29(22-23(35)24(36)26(38)25(37)27(22)40)42-32(18)45(33(47)19(31)11-39)30-15(4)8-9-41-28(30)14(2)3/h7-10,14,16-17H,1,12-13,40H2,2-6H3/t16-,17+. The van der Waals surface area contributed by atoms with Gasteiger partial charge in [0.05, 0.1) is 43.5 Å². The van der Waals surface area contributed by atoms with Gasteiger partial charge in [-0.1, -0.05) is 66.8 Å². The third kappa shape index (κ3) is 5.59. The van der Waals surface area contributed by atoms with Crippen molar-refractivity contribution in [3.63, 3.8) is 0 Å². The van der Waals surface area contributed by atoms with Gasteiger partial charge < -0.3 is 15.5 Å². The predicted octanol–water partition coefficient (Wildman–Crippen LogP) is 7.70. The molecule has 1 aliphatic rings. The summed E-state index contributed by atoms with van der Waals surface area (Å²) in [5.41, 5.74) is 7.33. The van der Waals surface area contributed by atoms with Gasteiger partial charge in [-0.3, -0.25) is 19.1 Å². The number of hydrogen-bond acceptors (Lipinski definition) is 7. The Morgan fingerprint density at radius 2 is 1.79 bits per heavy atom. The molecule has 1 aliphatic heterocycles. The fraction of sp³-hybridized carbons (Fsp3) is 0.303. The van der Waals surface area contributed by atoms with Crippen molar-refractivity contribution < 1.29 is 9.18 Å². The summed E-state index contributed by atoms with van der Waals surface area (Å²) >= 11 is 25.8. The first-order valence-electron chi connectivity index (χ1n) is 14.6. The van der Waals surface area contributed by atoms with Crippen LogP contribution in [-0.2, 0) is 4.79 Å². The van der Waals surface area contributed by atoms with Crippen LogP contribution in [0.1, 0.15) is 50.4 Å². The first kappa shape index (κ1) is 34.5. The topological polar surface area (TPSA) is 121 Å². The summed E-state index contributed by atoms with van der Waals surface area (Å²) in [5, 5.41) is 9.72. The second-order valence-corrected chi connectivity index (χ2v) is 13.3. The van der Waals surface area contributed by atoms with Crippen LogP contribution in [0.5, 0.6) is 0 Å². The second kappa shape index (κ2) is 13.0. The van der Waals surface area contributed by atoms with Crippen molar-refractivity contribution in [2.45, 2.75) is 52.6 Å². The van der Waals surface area contributed by atoms with Crippen LogP contribution in [0.25, 0.3) is 28.0 Å². The summed E-state index contributed by atoms with van der Waals surface area (Å²) in [6.45, 7) is 13.7. The molecule has 0 unspecified atom stereocenters. The molecule has 2 atom stereocenters. The molecule has 1 aromatic carbocycles. The Morgan fingerprint density at radius 3 is 2.36 bits per heavy atom. The molecule has 4 heterocycles. The number of hydrogen-bond donors (Lipinski definition) is 1. The maximum Gasteiger partial charge on any atom is 0.276 e. The number of pyridine rings is 3. The van der Waals surface area contributed by atoms with Gasteiger partial charge in [0.2, 0.25) is 5.91 Å².